The minimum atomic E-state index is -0.163. The van der Waals surface area contributed by atoms with E-state index in [4.69, 9.17) is 9.47 Å². The summed E-state index contributed by atoms with van der Waals surface area (Å²) in [7, 11) is 0. The maximum absolute atomic E-state index is 12.3. The van der Waals surface area contributed by atoms with Gasteiger partial charge in [-0.3, -0.25) is 9.78 Å². The van der Waals surface area contributed by atoms with Crippen molar-refractivity contribution < 1.29 is 14.3 Å². The molecule has 24 heavy (non-hydrogen) atoms. The Hall–Kier alpha value is -2.56. The molecule has 0 radical (unpaired) electrons. The average Bonchev–Trinajstić information content (AvgIpc) is 2.63. The van der Waals surface area contributed by atoms with Crippen LogP contribution in [0.1, 0.15) is 42.7 Å². The second-order valence-electron chi connectivity index (χ2n) is 5.36. The molecule has 0 aliphatic carbocycles. The first-order chi connectivity index (χ1) is 11.7. The first-order valence-corrected chi connectivity index (χ1v) is 8.32. The maximum atomic E-state index is 12.3. The molecule has 0 spiro atoms. The summed E-state index contributed by atoms with van der Waals surface area (Å²) in [5, 5.41) is 2.86. The van der Waals surface area contributed by atoms with E-state index in [0.29, 0.717) is 36.8 Å². The summed E-state index contributed by atoms with van der Waals surface area (Å²) in [6, 6.07) is 10.9. The third-order valence-corrected chi connectivity index (χ3v) is 3.29. The van der Waals surface area contributed by atoms with Gasteiger partial charge in [0.2, 0.25) is 0 Å². The average molecular weight is 328 g/mol. The van der Waals surface area contributed by atoms with Crippen LogP contribution >= 0.6 is 0 Å². The maximum Gasteiger partial charge on any atom is 0.251 e. The van der Waals surface area contributed by atoms with Crippen LogP contribution in [0.2, 0.25) is 0 Å². The van der Waals surface area contributed by atoms with E-state index in [1.54, 1.807) is 24.4 Å². The van der Waals surface area contributed by atoms with Crippen LogP contribution in [-0.2, 0) is 6.54 Å². The fourth-order valence-corrected chi connectivity index (χ4v) is 2.08. The number of rotatable bonds is 9. The fraction of sp³-hybridized carbons (Fsp3) is 0.368. The van der Waals surface area contributed by atoms with E-state index in [1.165, 1.54) is 0 Å². The van der Waals surface area contributed by atoms with E-state index in [9.17, 15) is 4.79 Å². The van der Waals surface area contributed by atoms with Crippen LogP contribution in [0.5, 0.6) is 11.5 Å². The lowest BCUT2D eigenvalue weighted by Gasteiger charge is -2.13. The van der Waals surface area contributed by atoms with Gasteiger partial charge in [-0.05, 0) is 43.2 Å². The Labute approximate surface area is 143 Å². The number of amides is 1. The van der Waals surface area contributed by atoms with Crippen molar-refractivity contribution in [1.29, 1.82) is 0 Å². The molecule has 1 heterocycles. The molecule has 0 unspecified atom stereocenters. The van der Waals surface area contributed by atoms with E-state index in [0.717, 1.165) is 18.5 Å². The molecule has 2 rings (SSSR count). The number of carbonyl (C=O) groups is 1. The molecule has 0 aliphatic rings. The summed E-state index contributed by atoms with van der Waals surface area (Å²) >= 11 is 0. The molecule has 0 aliphatic heterocycles. The van der Waals surface area contributed by atoms with Crippen molar-refractivity contribution in [2.24, 2.45) is 0 Å². The summed E-state index contributed by atoms with van der Waals surface area (Å²) < 4.78 is 11.4. The highest BCUT2D eigenvalue weighted by Crippen LogP contribution is 2.29. The van der Waals surface area contributed by atoms with Crippen molar-refractivity contribution in [1.82, 2.24) is 10.3 Å². The molecule has 0 saturated carbocycles. The van der Waals surface area contributed by atoms with Gasteiger partial charge in [0.15, 0.2) is 11.5 Å². The van der Waals surface area contributed by atoms with Crippen molar-refractivity contribution in [2.45, 2.75) is 33.2 Å². The third kappa shape index (κ3) is 5.26. The van der Waals surface area contributed by atoms with Crippen molar-refractivity contribution in [2.75, 3.05) is 13.2 Å². The number of nitrogens with one attached hydrogen (secondary N) is 1. The van der Waals surface area contributed by atoms with Crippen LogP contribution in [0.4, 0.5) is 0 Å². The SMILES string of the molecule is CCCOc1ccc(C(=O)NCc2ccccn2)cc1OCCC. The largest absolute Gasteiger partial charge is 0.490 e. The molecule has 128 valence electrons. The van der Waals surface area contributed by atoms with E-state index in [-0.39, 0.29) is 5.91 Å². The minimum Gasteiger partial charge on any atom is -0.490 e. The van der Waals surface area contributed by atoms with Crippen LogP contribution in [0.15, 0.2) is 42.6 Å². The molecule has 1 aromatic heterocycles. The van der Waals surface area contributed by atoms with Crippen molar-refractivity contribution in [3.05, 3.63) is 53.9 Å². The van der Waals surface area contributed by atoms with Gasteiger partial charge < -0.3 is 14.8 Å². The predicted molar refractivity (Wildman–Crippen MR) is 93.4 cm³/mol. The molecule has 5 nitrogen and oxygen atoms in total. The van der Waals surface area contributed by atoms with Gasteiger partial charge in [0.05, 0.1) is 25.5 Å². The summed E-state index contributed by atoms with van der Waals surface area (Å²) in [5.74, 6) is 1.12. The molecular formula is C19H24N2O3. The second-order valence-corrected chi connectivity index (χ2v) is 5.36. The molecule has 0 bridgehead atoms. The Bertz CT molecular complexity index is 644. The molecule has 1 amide bonds. The smallest absolute Gasteiger partial charge is 0.251 e. The monoisotopic (exact) mass is 328 g/mol. The van der Waals surface area contributed by atoms with Crippen LogP contribution in [0.25, 0.3) is 0 Å². The van der Waals surface area contributed by atoms with Gasteiger partial charge in [-0.15, -0.1) is 0 Å². The first kappa shape index (κ1) is 17.8. The number of nitrogens with zero attached hydrogens (tertiary/aromatic N) is 1. The van der Waals surface area contributed by atoms with Gasteiger partial charge in [-0.25, -0.2) is 0 Å². The van der Waals surface area contributed by atoms with E-state index in [1.807, 2.05) is 32.0 Å². The van der Waals surface area contributed by atoms with Gasteiger partial charge in [-0.2, -0.15) is 0 Å². The number of carbonyl (C=O) groups excluding carboxylic acids is 1. The summed E-state index contributed by atoms with van der Waals surface area (Å²) in [6.45, 7) is 5.68. The molecule has 0 fully saturated rings. The molecule has 2 aromatic rings. The highest BCUT2D eigenvalue weighted by Gasteiger charge is 2.12. The molecular weight excluding hydrogens is 304 g/mol. The van der Waals surface area contributed by atoms with Gasteiger partial charge in [0.1, 0.15) is 0 Å². The normalized spacial score (nSPS) is 10.2. The fourth-order valence-electron chi connectivity index (χ4n) is 2.08. The van der Waals surface area contributed by atoms with E-state index >= 15 is 0 Å². The third-order valence-electron chi connectivity index (χ3n) is 3.29. The van der Waals surface area contributed by atoms with Crippen LogP contribution < -0.4 is 14.8 Å². The van der Waals surface area contributed by atoms with Crippen LogP contribution in [0.3, 0.4) is 0 Å². The summed E-state index contributed by atoms with van der Waals surface area (Å²) in [6.07, 6.45) is 3.51. The Morgan fingerprint density at radius 2 is 1.79 bits per heavy atom. The quantitative estimate of drug-likeness (QED) is 0.764. The minimum absolute atomic E-state index is 0.163. The number of ether oxygens (including phenoxy) is 2. The first-order valence-electron chi connectivity index (χ1n) is 8.32. The predicted octanol–water partition coefficient (Wildman–Crippen LogP) is 3.59. The Balaban J connectivity index is 2.06. The van der Waals surface area contributed by atoms with Gasteiger partial charge in [0.25, 0.3) is 5.91 Å². The number of pyridine rings is 1. The lowest BCUT2D eigenvalue weighted by atomic mass is 10.2. The highest BCUT2D eigenvalue weighted by atomic mass is 16.5. The van der Waals surface area contributed by atoms with Gasteiger partial charge >= 0.3 is 0 Å². The van der Waals surface area contributed by atoms with E-state index in [2.05, 4.69) is 10.3 Å². The highest BCUT2D eigenvalue weighted by molar-refractivity contribution is 5.94. The van der Waals surface area contributed by atoms with Crippen LogP contribution in [-0.4, -0.2) is 24.1 Å². The van der Waals surface area contributed by atoms with Crippen molar-refractivity contribution in [3.8, 4) is 11.5 Å². The van der Waals surface area contributed by atoms with Gasteiger partial charge in [-0.1, -0.05) is 19.9 Å². The molecule has 5 heteroatoms. The number of aromatic nitrogens is 1. The number of benzene rings is 1. The number of hydrogen-bond donors (Lipinski definition) is 1. The van der Waals surface area contributed by atoms with E-state index < -0.39 is 0 Å². The zero-order chi connectivity index (χ0) is 17.2. The lowest BCUT2D eigenvalue weighted by Crippen LogP contribution is -2.23. The zero-order valence-electron chi connectivity index (χ0n) is 14.2. The standard InChI is InChI=1S/C19H24N2O3/c1-3-11-23-17-9-8-15(13-18(17)24-12-4-2)19(22)21-14-16-7-5-6-10-20-16/h5-10,13H,3-4,11-12,14H2,1-2H3,(H,21,22). The Morgan fingerprint density at radius 1 is 1.04 bits per heavy atom. The Morgan fingerprint density at radius 3 is 2.46 bits per heavy atom. The summed E-state index contributed by atoms with van der Waals surface area (Å²) in [4.78, 5) is 16.5. The molecule has 0 saturated heterocycles. The van der Waals surface area contributed by atoms with Gasteiger partial charge in [0, 0.05) is 11.8 Å². The van der Waals surface area contributed by atoms with Crippen molar-refractivity contribution >= 4 is 5.91 Å². The summed E-state index contributed by atoms with van der Waals surface area (Å²) in [5.41, 5.74) is 1.36. The van der Waals surface area contributed by atoms with Crippen LogP contribution in [0, 0.1) is 0 Å². The number of hydrogen-bond acceptors (Lipinski definition) is 4. The van der Waals surface area contributed by atoms with Crippen molar-refractivity contribution in [3.63, 3.8) is 0 Å². The Kier molecular flexibility index (Phi) is 7.08. The molecule has 1 N–H and O–H groups in total. The second kappa shape index (κ2) is 9.55. The molecule has 1 aromatic carbocycles. The zero-order valence-corrected chi connectivity index (χ0v) is 14.2. The lowest BCUT2D eigenvalue weighted by molar-refractivity contribution is 0.0950. The molecule has 0 atom stereocenters. The topological polar surface area (TPSA) is 60.5 Å².